The van der Waals surface area contributed by atoms with Gasteiger partial charge in [-0.25, -0.2) is 4.98 Å². The SMILES string of the molecule is O=C(O)CCCCCc1c2ccccc2nc2cccc(Cl)c12. The molecule has 23 heavy (non-hydrogen) atoms. The van der Waals surface area contributed by atoms with Gasteiger partial charge in [0.05, 0.1) is 16.1 Å². The van der Waals surface area contributed by atoms with Gasteiger partial charge in [-0.2, -0.15) is 0 Å². The highest BCUT2D eigenvalue weighted by Crippen LogP contribution is 2.32. The molecule has 3 rings (SSSR count). The summed E-state index contributed by atoms with van der Waals surface area (Å²) in [5.41, 5.74) is 3.10. The van der Waals surface area contributed by atoms with Crippen molar-refractivity contribution < 1.29 is 9.90 Å². The average molecular weight is 328 g/mol. The molecule has 0 saturated carbocycles. The number of fused-ring (bicyclic) bond motifs is 2. The fourth-order valence-corrected chi connectivity index (χ4v) is 3.29. The van der Waals surface area contributed by atoms with Gasteiger partial charge in [0, 0.05) is 17.2 Å². The maximum absolute atomic E-state index is 10.6. The lowest BCUT2D eigenvalue weighted by Crippen LogP contribution is -1.96. The largest absolute Gasteiger partial charge is 0.481 e. The van der Waals surface area contributed by atoms with Crippen LogP contribution in [0.25, 0.3) is 21.8 Å². The topological polar surface area (TPSA) is 50.2 Å². The molecule has 4 heteroatoms. The van der Waals surface area contributed by atoms with E-state index in [2.05, 4.69) is 6.07 Å². The number of hydrogen-bond acceptors (Lipinski definition) is 2. The number of aryl methyl sites for hydroxylation is 1. The molecule has 1 heterocycles. The van der Waals surface area contributed by atoms with Crippen molar-refractivity contribution in [2.45, 2.75) is 32.1 Å². The standard InChI is InChI=1S/C19H18ClNO2/c20-15-9-6-11-17-19(15)14(8-2-1-3-12-18(22)23)13-7-4-5-10-16(13)21-17/h4-7,9-11H,1-3,8,12H2,(H,22,23). The van der Waals surface area contributed by atoms with Crippen molar-refractivity contribution in [3.63, 3.8) is 0 Å². The van der Waals surface area contributed by atoms with Crippen LogP contribution in [0.2, 0.25) is 5.02 Å². The van der Waals surface area contributed by atoms with Gasteiger partial charge in [-0.15, -0.1) is 0 Å². The van der Waals surface area contributed by atoms with Crippen LogP contribution in [0.1, 0.15) is 31.2 Å². The van der Waals surface area contributed by atoms with E-state index in [1.807, 2.05) is 36.4 Å². The number of unbranched alkanes of at least 4 members (excludes halogenated alkanes) is 2. The Hall–Kier alpha value is -2.13. The number of carbonyl (C=O) groups is 1. The van der Waals surface area contributed by atoms with Crippen molar-refractivity contribution in [2.75, 3.05) is 0 Å². The lowest BCUT2D eigenvalue weighted by Gasteiger charge is -2.12. The summed E-state index contributed by atoms with van der Waals surface area (Å²) in [6.45, 7) is 0. The number of aliphatic carboxylic acids is 1. The van der Waals surface area contributed by atoms with Crippen LogP contribution in [-0.4, -0.2) is 16.1 Å². The number of pyridine rings is 1. The van der Waals surface area contributed by atoms with Crippen molar-refractivity contribution in [1.82, 2.24) is 4.98 Å². The first kappa shape index (κ1) is 15.8. The minimum Gasteiger partial charge on any atom is -0.481 e. The molecule has 0 atom stereocenters. The van der Waals surface area contributed by atoms with E-state index < -0.39 is 5.97 Å². The van der Waals surface area contributed by atoms with Crippen LogP contribution in [0.3, 0.4) is 0 Å². The van der Waals surface area contributed by atoms with Gasteiger partial charge < -0.3 is 5.11 Å². The van der Waals surface area contributed by atoms with E-state index in [0.717, 1.165) is 46.1 Å². The summed E-state index contributed by atoms with van der Waals surface area (Å²) in [6.07, 6.45) is 3.67. The Balaban J connectivity index is 1.96. The number of hydrogen-bond donors (Lipinski definition) is 1. The molecule has 0 radical (unpaired) electrons. The molecule has 0 aliphatic heterocycles. The molecule has 118 valence electrons. The van der Waals surface area contributed by atoms with Crippen molar-refractivity contribution in [3.8, 4) is 0 Å². The summed E-state index contributed by atoms with van der Waals surface area (Å²) >= 11 is 6.43. The van der Waals surface area contributed by atoms with Crippen LogP contribution in [0.4, 0.5) is 0 Å². The van der Waals surface area contributed by atoms with Gasteiger partial charge in [-0.05, 0) is 43.0 Å². The monoisotopic (exact) mass is 327 g/mol. The first-order chi connectivity index (χ1) is 11.2. The maximum Gasteiger partial charge on any atom is 0.303 e. The van der Waals surface area contributed by atoms with E-state index in [1.54, 1.807) is 0 Å². The van der Waals surface area contributed by atoms with Crippen molar-refractivity contribution in [2.24, 2.45) is 0 Å². The highest BCUT2D eigenvalue weighted by Gasteiger charge is 2.11. The Morgan fingerprint density at radius 2 is 1.78 bits per heavy atom. The van der Waals surface area contributed by atoms with E-state index in [4.69, 9.17) is 21.7 Å². The maximum atomic E-state index is 10.6. The second kappa shape index (κ2) is 6.97. The molecule has 0 saturated heterocycles. The molecule has 0 spiro atoms. The Kier molecular flexibility index (Phi) is 4.77. The highest BCUT2D eigenvalue weighted by molar-refractivity contribution is 6.36. The molecule has 0 fully saturated rings. The van der Waals surface area contributed by atoms with Crippen molar-refractivity contribution in [1.29, 1.82) is 0 Å². The molecular weight excluding hydrogens is 310 g/mol. The smallest absolute Gasteiger partial charge is 0.303 e. The minimum atomic E-state index is -0.729. The number of halogens is 1. The third-order valence-electron chi connectivity index (χ3n) is 4.08. The number of para-hydroxylation sites is 1. The zero-order valence-electron chi connectivity index (χ0n) is 12.8. The molecule has 2 aromatic carbocycles. The average Bonchev–Trinajstić information content (AvgIpc) is 2.53. The van der Waals surface area contributed by atoms with Gasteiger partial charge in [-0.3, -0.25) is 4.79 Å². The summed E-state index contributed by atoms with van der Waals surface area (Å²) in [5, 5.41) is 11.6. The summed E-state index contributed by atoms with van der Waals surface area (Å²) in [6, 6.07) is 13.9. The number of nitrogens with zero attached hydrogens (tertiary/aromatic N) is 1. The van der Waals surface area contributed by atoms with Crippen LogP contribution in [-0.2, 0) is 11.2 Å². The Labute approximate surface area is 139 Å². The van der Waals surface area contributed by atoms with Crippen LogP contribution >= 0.6 is 11.6 Å². The lowest BCUT2D eigenvalue weighted by atomic mass is 9.97. The first-order valence-corrected chi connectivity index (χ1v) is 8.22. The second-order valence-electron chi connectivity index (χ2n) is 5.70. The molecule has 3 nitrogen and oxygen atoms in total. The molecule has 0 aliphatic rings. The van der Waals surface area contributed by atoms with E-state index in [-0.39, 0.29) is 6.42 Å². The molecule has 0 unspecified atom stereocenters. The number of carboxylic acids is 1. The highest BCUT2D eigenvalue weighted by atomic mass is 35.5. The third kappa shape index (κ3) is 3.45. The van der Waals surface area contributed by atoms with Crippen LogP contribution < -0.4 is 0 Å². The van der Waals surface area contributed by atoms with Crippen LogP contribution in [0, 0.1) is 0 Å². The van der Waals surface area contributed by atoms with Crippen molar-refractivity contribution in [3.05, 3.63) is 53.1 Å². The summed E-state index contributed by atoms with van der Waals surface area (Å²) in [7, 11) is 0. The minimum absolute atomic E-state index is 0.235. The molecule has 0 bridgehead atoms. The number of aromatic nitrogens is 1. The Morgan fingerprint density at radius 1 is 1.00 bits per heavy atom. The summed E-state index contributed by atoms with van der Waals surface area (Å²) < 4.78 is 0. The van der Waals surface area contributed by atoms with E-state index in [0.29, 0.717) is 6.42 Å². The van der Waals surface area contributed by atoms with Gasteiger partial charge >= 0.3 is 5.97 Å². The molecule has 0 amide bonds. The predicted molar refractivity (Wildman–Crippen MR) is 94.1 cm³/mol. The summed E-state index contributed by atoms with van der Waals surface area (Å²) in [5.74, 6) is -0.729. The molecule has 0 aliphatic carbocycles. The summed E-state index contributed by atoms with van der Waals surface area (Å²) in [4.78, 5) is 15.3. The van der Waals surface area contributed by atoms with Gasteiger partial charge in [0.2, 0.25) is 0 Å². The molecule has 3 aromatic rings. The Bertz CT molecular complexity index is 860. The van der Waals surface area contributed by atoms with E-state index in [1.165, 1.54) is 5.56 Å². The fourth-order valence-electron chi connectivity index (χ4n) is 3.01. The lowest BCUT2D eigenvalue weighted by molar-refractivity contribution is -0.137. The van der Waals surface area contributed by atoms with Gasteiger partial charge in [-0.1, -0.05) is 42.3 Å². The van der Waals surface area contributed by atoms with E-state index in [9.17, 15) is 4.79 Å². The van der Waals surface area contributed by atoms with Gasteiger partial charge in [0.25, 0.3) is 0 Å². The fraction of sp³-hybridized carbons (Fsp3) is 0.263. The first-order valence-electron chi connectivity index (χ1n) is 7.84. The second-order valence-corrected chi connectivity index (χ2v) is 6.10. The molecule has 1 aromatic heterocycles. The van der Waals surface area contributed by atoms with Crippen LogP contribution in [0.5, 0.6) is 0 Å². The molecule has 1 N–H and O–H groups in total. The number of carboxylic acid groups (broad SMARTS) is 1. The molecular formula is C19H18ClNO2. The zero-order chi connectivity index (χ0) is 16.2. The number of benzene rings is 2. The van der Waals surface area contributed by atoms with Gasteiger partial charge in [0.1, 0.15) is 0 Å². The van der Waals surface area contributed by atoms with E-state index >= 15 is 0 Å². The normalized spacial score (nSPS) is 11.2. The quantitative estimate of drug-likeness (QED) is 0.498. The zero-order valence-corrected chi connectivity index (χ0v) is 13.5. The van der Waals surface area contributed by atoms with Gasteiger partial charge in [0.15, 0.2) is 0 Å². The predicted octanol–water partition coefficient (Wildman–Crippen LogP) is 5.23. The Morgan fingerprint density at radius 3 is 2.61 bits per heavy atom. The van der Waals surface area contributed by atoms with Crippen molar-refractivity contribution >= 4 is 39.4 Å². The third-order valence-corrected chi connectivity index (χ3v) is 4.40. The number of rotatable bonds is 6. The van der Waals surface area contributed by atoms with Crippen LogP contribution in [0.15, 0.2) is 42.5 Å².